The Morgan fingerprint density at radius 2 is 2.00 bits per heavy atom. The number of hydrogen-bond acceptors (Lipinski definition) is 2. The molecule has 14 heavy (non-hydrogen) atoms. The Hall–Kier alpha value is -0.370. The predicted octanol–water partition coefficient (Wildman–Crippen LogP) is 2.48. The number of carbonyl (C=O) groups is 1. The van der Waals surface area contributed by atoms with Crippen LogP contribution >= 0.6 is 0 Å². The first-order chi connectivity index (χ1) is 6.41. The molecule has 2 nitrogen and oxygen atoms in total. The zero-order valence-electron chi connectivity index (χ0n) is 9.97. The molecule has 1 unspecified atom stereocenters. The molecule has 0 aromatic heterocycles. The molecule has 1 rings (SSSR count). The summed E-state index contributed by atoms with van der Waals surface area (Å²) in [5.41, 5.74) is -0.168. The van der Waals surface area contributed by atoms with E-state index in [0.717, 1.165) is 13.0 Å². The first kappa shape index (κ1) is 11.7. The number of likely N-dealkylation sites (tertiary alicyclic amines) is 1. The summed E-state index contributed by atoms with van der Waals surface area (Å²) in [7, 11) is 2.14. The summed E-state index contributed by atoms with van der Waals surface area (Å²) in [5.74, 6) is 0.399. The molecule has 0 aromatic rings. The highest BCUT2D eigenvalue weighted by atomic mass is 16.1. The Balaban J connectivity index is 2.46. The Bertz CT molecular complexity index is 205. The van der Waals surface area contributed by atoms with E-state index in [1.54, 1.807) is 0 Å². The van der Waals surface area contributed by atoms with Gasteiger partial charge in [-0.05, 0) is 26.4 Å². The highest BCUT2D eigenvalue weighted by Gasteiger charge is 2.27. The Labute approximate surface area is 87.7 Å². The molecule has 2 heteroatoms. The van der Waals surface area contributed by atoms with Crippen molar-refractivity contribution in [3.05, 3.63) is 0 Å². The Morgan fingerprint density at radius 3 is 2.50 bits per heavy atom. The summed E-state index contributed by atoms with van der Waals surface area (Å²) >= 11 is 0. The molecule has 0 radical (unpaired) electrons. The second kappa shape index (κ2) is 4.43. The van der Waals surface area contributed by atoms with Crippen molar-refractivity contribution in [3.63, 3.8) is 0 Å². The van der Waals surface area contributed by atoms with Gasteiger partial charge in [-0.3, -0.25) is 4.79 Å². The van der Waals surface area contributed by atoms with Crippen molar-refractivity contribution in [2.24, 2.45) is 5.41 Å². The van der Waals surface area contributed by atoms with Crippen LogP contribution in [-0.2, 0) is 4.79 Å². The molecule has 0 N–H and O–H groups in total. The highest BCUT2D eigenvalue weighted by Crippen LogP contribution is 2.23. The van der Waals surface area contributed by atoms with E-state index >= 15 is 0 Å². The first-order valence-electron chi connectivity index (χ1n) is 5.65. The number of piperidine rings is 1. The minimum Gasteiger partial charge on any atom is -0.303 e. The topological polar surface area (TPSA) is 20.3 Å². The van der Waals surface area contributed by atoms with Crippen LogP contribution in [0.1, 0.15) is 46.5 Å². The van der Waals surface area contributed by atoms with Crippen LogP contribution in [0, 0.1) is 5.41 Å². The van der Waals surface area contributed by atoms with Crippen molar-refractivity contribution in [1.29, 1.82) is 0 Å². The fourth-order valence-electron chi connectivity index (χ4n) is 1.92. The molecule has 0 spiro atoms. The van der Waals surface area contributed by atoms with Crippen LogP contribution in [-0.4, -0.2) is 30.3 Å². The van der Waals surface area contributed by atoms with Crippen LogP contribution in [0.25, 0.3) is 0 Å². The van der Waals surface area contributed by atoms with E-state index in [-0.39, 0.29) is 5.41 Å². The average Bonchev–Trinajstić information content (AvgIpc) is 2.07. The van der Waals surface area contributed by atoms with Crippen molar-refractivity contribution < 1.29 is 4.79 Å². The number of ketones is 1. The van der Waals surface area contributed by atoms with Crippen molar-refractivity contribution in [2.45, 2.75) is 52.5 Å². The molecule has 0 saturated carbocycles. The van der Waals surface area contributed by atoms with Crippen molar-refractivity contribution in [1.82, 2.24) is 4.90 Å². The largest absolute Gasteiger partial charge is 0.303 e. The summed E-state index contributed by atoms with van der Waals surface area (Å²) in [6.45, 7) is 7.19. The third-order valence-corrected chi connectivity index (χ3v) is 3.18. The zero-order valence-corrected chi connectivity index (χ0v) is 9.97. The molecular weight excluding hydrogens is 174 g/mol. The van der Waals surface area contributed by atoms with Gasteiger partial charge >= 0.3 is 0 Å². The normalized spacial score (nSPS) is 25.0. The van der Waals surface area contributed by atoms with Crippen molar-refractivity contribution in [2.75, 3.05) is 13.6 Å². The third kappa shape index (κ3) is 3.09. The molecule has 0 amide bonds. The van der Waals surface area contributed by atoms with Crippen LogP contribution in [0.15, 0.2) is 0 Å². The van der Waals surface area contributed by atoms with Crippen LogP contribution in [0.4, 0.5) is 0 Å². The summed E-state index contributed by atoms with van der Waals surface area (Å²) in [4.78, 5) is 14.2. The third-order valence-electron chi connectivity index (χ3n) is 3.18. The maximum absolute atomic E-state index is 11.9. The van der Waals surface area contributed by atoms with Gasteiger partial charge in [0.15, 0.2) is 0 Å². The van der Waals surface area contributed by atoms with Gasteiger partial charge in [-0.15, -0.1) is 0 Å². The zero-order chi connectivity index (χ0) is 10.8. The lowest BCUT2D eigenvalue weighted by Crippen LogP contribution is -2.39. The van der Waals surface area contributed by atoms with E-state index in [9.17, 15) is 4.79 Å². The van der Waals surface area contributed by atoms with Crippen LogP contribution in [0.5, 0.6) is 0 Å². The summed E-state index contributed by atoms with van der Waals surface area (Å²) in [6.07, 6.45) is 4.50. The molecule has 1 saturated heterocycles. The van der Waals surface area contributed by atoms with E-state index < -0.39 is 0 Å². The maximum Gasteiger partial charge on any atom is 0.139 e. The van der Waals surface area contributed by atoms with Crippen LogP contribution in [0.2, 0.25) is 0 Å². The molecule has 1 aliphatic heterocycles. The summed E-state index contributed by atoms with van der Waals surface area (Å²) in [5, 5.41) is 0. The smallest absolute Gasteiger partial charge is 0.139 e. The summed E-state index contributed by atoms with van der Waals surface area (Å²) in [6, 6.07) is 0.496. The van der Waals surface area contributed by atoms with Gasteiger partial charge in [-0.1, -0.05) is 27.2 Å². The molecule has 1 fully saturated rings. The fourth-order valence-corrected chi connectivity index (χ4v) is 1.92. The van der Waals surface area contributed by atoms with E-state index in [1.165, 1.54) is 19.3 Å². The van der Waals surface area contributed by atoms with Gasteiger partial charge in [0.05, 0.1) is 0 Å². The van der Waals surface area contributed by atoms with E-state index in [4.69, 9.17) is 0 Å². The molecule has 0 bridgehead atoms. The number of nitrogens with zero attached hydrogens (tertiary/aromatic N) is 1. The summed E-state index contributed by atoms with van der Waals surface area (Å²) < 4.78 is 0. The lowest BCUT2D eigenvalue weighted by Gasteiger charge is -2.33. The second-order valence-corrected chi connectivity index (χ2v) is 5.51. The van der Waals surface area contributed by atoms with Gasteiger partial charge in [0.2, 0.25) is 0 Å². The quantitative estimate of drug-likeness (QED) is 0.678. The predicted molar refractivity (Wildman–Crippen MR) is 59.3 cm³/mol. The standard InChI is InChI=1S/C12H23NO/c1-12(2,3)11(14)9-10-7-5-6-8-13(10)4/h10H,5-9H2,1-4H3. The SMILES string of the molecule is CN1CCCCC1CC(=O)C(C)(C)C. The average molecular weight is 197 g/mol. The first-order valence-corrected chi connectivity index (χ1v) is 5.65. The van der Waals surface area contributed by atoms with Crippen molar-refractivity contribution in [3.8, 4) is 0 Å². The van der Waals surface area contributed by atoms with Crippen LogP contribution < -0.4 is 0 Å². The number of rotatable bonds is 2. The monoisotopic (exact) mass is 197 g/mol. The molecule has 1 aliphatic rings. The highest BCUT2D eigenvalue weighted by molar-refractivity contribution is 5.84. The van der Waals surface area contributed by atoms with Crippen molar-refractivity contribution >= 4 is 5.78 Å². The molecule has 82 valence electrons. The number of hydrogen-bond donors (Lipinski definition) is 0. The fraction of sp³-hybridized carbons (Fsp3) is 0.917. The van der Waals surface area contributed by atoms with Gasteiger partial charge in [0, 0.05) is 17.9 Å². The number of Topliss-reactive ketones (excluding diaryl/α,β-unsaturated/α-hetero) is 1. The lowest BCUT2D eigenvalue weighted by atomic mass is 9.85. The van der Waals surface area contributed by atoms with Gasteiger partial charge in [0.25, 0.3) is 0 Å². The Kier molecular flexibility index (Phi) is 3.71. The molecule has 1 atom stereocenters. The molecular formula is C12H23NO. The second-order valence-electron chi connectivity index (χ2n) is 5.51. The lowest BCUT2D eigenvalue weighted by molar-refractivity contribution is -0.127. The van der Waals surface area contributed by atoms with Crippen LogP contribution in [0.3, 0.4) is 0 Å². The van der Waals surface area contributed by atoms with Gasteiger partial charge in [0.1, 0.15) is 5.78 Å². The van der Waals surface area contributed by atoms with Gasteiger partial charge in [-0.25, -0.2) is 0 Å². The molecule has 1 heterocycles. The Morgan fingerprint density at radius 1 is 1.36 bits per heavy atom. The van der Waals surface area contributed by atoms with Gasteiger partial charge < -0.3 is 4.90 Å². The van der Waals surface area contributed by atoms with Gasteiger partial charge in [-0.2, -0.15) is 0 Å². The van der Waals surface area contributed by atoms with E-state index in [0.29, 0.717) is 11.8 Å². The minimum atomic E-state index is -0.168. The molecule has 0 aromatic carbocycles. The minimum absolute atomic E-state index is 0.168. The van der Waals surface area contributed by atoms with E-state index in [1.807, 2.05) is 20.8 Å². The maximum atomic E-state index is 11.9. The number of carbonyl (C=O) groups excluding carboxylic acids is 1. The van der Waals surface area contributed by atoms with E-state index in [2.05, 4.69) is 11.9 Å². The molecule has 0 aliphatic carbocycles.